The van der Waals surface area contributed by atoms with Gasteiger partial charge in [0.2, 0.25) is 5.91 Å². The Bertz CT molecular complexity index is 880. The first kappa shape index (κ1) is 21.7. The molecule has 1 aliphatic heterocycles. The van der Waals surface area contributed by atoms with Crippen LogP contribution in [0.4, 0.5) is 11.4 Å². The number of hydrogen-bond donors (Lipinski definition) is 2. The number of anilines is 2. The Labute approximate surface area is 178 Å². The monoisotopic (exact) mass is 409 g/mol. The quantitative estimate of drug-likeness (QED) is 0.696. The van der Waals surface area contributed by atoms with Gasteiger partial charge in [-0.15, -0.1) is 0 Å². The van der Waals surface area contributed by atoms with Crippen molar-refractivity contribution >= 4 is 23.2 Å². The van der Waals surface area contributed by atoms with Crippen LogP contribution in [0.15, 0.2) is 48.5 Å². The number of aryl methyl sites for hydroxylation is 1. The van der Waals surface area contributed by atoms with Crippen molar-refractivity contribution in [3.8, 4) is 5.75 Å². The third kappa shape index (κ3) is 5.32. The number of carbonyl (C=O) groups is 2. The minimum absolute atomic E-state index is 0.126. The zero-order valence-electron chi connectivity index (χ0n) is 18.0. The first-order valence-electron chi connectivity index (χ1n) is 10.7. The maximum absolute atomic E-state index is 12.8. The summed E-state index contributed by atoms with van der Waals surface area (Å²) in [7, 11) is 0. The number of para-hydroxylation sites is 2. The van der Waals surface area contributed by atoms with Gasteiger partial charge in [-0.2, -0.15) is 0 Å². The molecule has 6 nitrogen and oxygen atoms in total. The molecule has 1 aliphatic rings. The van der Waals surface area contributed by atoms with Gasteiger partial charge in [-0.25, -0.2) is 0 Å². The number of hydrogen-bond acceptors (Lipinski definition) is 4. The van der Waals surface area contributed by atoms with E-state index in [2.05, 4.69) is 31.4 Å². The van der Waals surface area contributed by atoms with E-state index in [-0.39, 0.29) is 24.4 Å². The predicted molar refractivity (Wildman–Crippen MR) is 120 cm³/mol. The highest BCUT2D eigenvalue weighted by molar-refractivity contribution is 5.95. The van der Waals surface area contributed by atoms with Crippen LogP contribution >= 0.6 is 0 Å². The number of fused-ring (bicyclic) bond motifs is 1. The number of benzene rings is 2. The summed E-state index contributed by atoms with van der Waals surface area (Å²) < 4.78 is 5.96. The molecule has 2 aromatic carbocycles. The van der Waals surface area contributed by atoms with Crippen molar-refractivity contribution in [2.45, 2.75) is 52.2 Å². The van der Waals surface area contributed by atoms with Gasteiger partial charge in [-0.05, 0) is 49.1 Å². The number of ether oxygens (including phenoxy) is 1. The van der Waals surface area contributed by atoms with Gasteiger partial charge in [0.25, 0.3) is 5.91 Å². The Hall–Kier alpha value is -3.02. The Morgan fingerprint density at radius 2 is 1.87 bits per heavy atom. The van der Waals surface area contributed by atoms with Gasteiger partial charge < -0.3 is 20.3 Å². The lowest BCUT2D eigenvalue weighted by molar-refractivity contribution is -0.129. The van der Waals surface area contributed by atoms with Gasteiger partial charge in [0.1, 0.15) is 5.75 Å². The number of nitrogens with zero attached hydrogens (tertiary/aromatic N) is 1. The zero-order valence-corrected chi connectivity index (χ0v) is 18.0. The fraction of sp³-hybridized carbons (Fsp3) is 0.417. The molecular weight excluding hydrogens is 378 g/mol. The lowest BCUT2D eigenvalue weighted by Crippen LogP contribution is -2.52. The number of carbonyl (C=O) groups excluding carboxylic acids is 2. The van der Waals surface area contributed by atoms with Crippen LogP contribution in [0, 0.1) is 0 Å². The average Bonchev–Trinajstić information content (AvgIpc) is 2.77. The van der Waals surface area contributed by atoms with Crippen LogP contribution in [0.25, 0.3) is 0 Å². The molecule has 0 saturated heterocycles. The van der Waals surface area contributed by atoms with Crippen molar-refractivity contribution in [2.75, 3.05) is 23.3 Å². The SMILES string of the molecule is CCc1cccc(NC(=O)CN2CC(C(=O)NC(CC)CC)Oc3ccccc32)c1. The Morgan fingerprint density at radius 3 is 2.60 bits per heavy atom. The van der Waals surface area contributed by atoms with E-state index < -0.39 is 6.10 Å². The standard InChI is InChI=1S/C24H31N3O3/c1-4-17-10-9-11-19(14-17)25-23(28)16-27-15-22(24(29)26-18(5-2)6-3)30-21-13-8-7-12-20(21)27/h7-14,18,22H,4-6,15-16H2,1-3H3,(H,25,28)(H,26,29). The first-order valence-corrected chi connectivity index (χ1v) is 10.7. The van der Waals surface area contributed by atoms with Gasteiger partial charge in [-0.1, -0.05) is 45.0 Å². The highest BCUT2D eigenvalue weighted by Crippen LogP contribution is 2.33. The summed E-state index contributed by atoms with van der Waals surface area (Å²) in [5, 5.41) is 6.02. The molecule has 2 aromatic rings. The van der Waals surface area contributed by atoms with Crippen LogP contribution < -0.4 is 20.3 Å². The minimum atomic E-state index is -0.656. The highest BCUT2D eigenvalue weighted by Gasteiger charge is 2.32. The normalized spacial score (nSPS) is 15.3. The highest BCUT2D eigenvalue weighted by atomic mass is 16.5. The molecule has 0 spiro atoms. The molecule has 0 aromatic heterocycles. The van der Waals surface area contributed by atoms with E-state index in [0.29, 0.717) is 12.3 Å². The van der Waals surface area contributed by atoms with Crippen LogP contribution in [0.1, 0.15) is 39.2 Å². The molecule has 6 heteroatoms. The molecule has 3 rings (SSSR count). The van der Waals surface area contributed by atoms with Crippen molar-refractivity contribution in [3.63, 3.8) is 0 Å². The summed E-state index contributed by atoms with van der Waals surface area (Å²) in [6.07, 6.45) is 1.99. The van der Waals surface area contributed by atoms with Crippen LogP contribution in [-0.4, -0.2) is 37.0 Å². The van der Waals surface area contributed by atoms with Crippen molar-refractivity contribution in [1.82, 2.24) is 5.32 Å². The molecule has 0 radical (unpaired) electrons. The van der Waals surface area contributed by atoms with Gasteiger partial charge >= 0.3 is 0 Å². The Kier molecular flexibility index (Phi) is 7.33. The van der Waals surface area contributed by atoms with Crippen LogP contribution in [0.2, 0.25) is 0 Å². The number of nitrogens with one attached hydrogen (secondary N) is 2. The van der Waals surface area contributed by atoms with Gasteiger partial charge in [0, 0.05) is 11.7 Å². The molecule has 0 aliphatic carbocycles. The van der Waals surface area contributed by atoms with E-state index in [1.54, 1.807) is 0 Å². The molecule has 30 heavy (non-hydrogen) atoms. The van der Waals surface area contributed by atoms with Crippen molar-refractivity contribution < 1.29 is 14.3 Å². The summed E-state index contributed by atoms with van der Waals surface area (Å²) >= 11 is 0. The molecular formula is C24H31N3O3. The third-order valence-corrected chi connectivity index (χ3v) is 5.44. The van der Waals surface area contributed by atoms with E-state index in [4.69, 9.17) is 4.74 Å². The van der Waals surface area contributed by atoms with Gasteiger partial charge in [0.05, 0.1) is 18.8 Å². The van der Waals surface area contributed by atoms with Gasteiger partial charge in [-0.3, -0.25) is 9.59 Å². The second-order valence-electron chi connectivity index (χ2n) is 7.58. The Morgan fingerprint density at radius 1 is 1.10 bits per heavy atom. The number of amides is 2. The number of rotatable bonds is 8. The second-order valence-corrected chi connectivity index (χ2v) is 7.58. The molecule has 1 atom stereocenters. The molecule has 2 N–H and O–H groups in total. The summed E-state index contributed by atoms with van der Waals surface area (Å²) in [5.74, 6) is 0.354. The van der Waals surface area contributed by atoms with E-state index in [1.807, 2.05) is 53.4 Å². The molecule has 0 bridgehead atoms. The maximum atomic E-state index is 12.8. The van der Waals surface area contributed by atoms with Crippen LogP contribution in [0.3, 0.4) is 0 Å². The van der Waals surface area contributed by atoms with E-state index in [0.717, 1.165) is 30.6 Å². The minimum Gasteiger partial charge on any atom is -0.477 e. The van der Waals surface area contributed by atoms with E-state index in [1.165, 1.54) is 5.56 Å². The van der Waals surface area contributed by atoms with Crippen molar-refractivity contribution in [1.29, 1.82) is 0 Å². The summed E-state index contributed by atoms with van der Waals surface area (Å²) in [4.78, 5) is 27.4. The summed E-state index contributed by atoms with van der Waals surface area (Å²) in [6.45, 7) is 6.65. The van der Waals surface area contributed by atoms with Gasteiger partial charge in [0.15, 0.2) is 6.10 Å². The van der Waals surface area contributed by atoms with Crippen LogP contribution in [0.5, 0.6) is 5.75 Å². The molecule has 1 heterocycles. The predicted octanol–water partition coefficient (Wildman–Crippen LogP) is 3.76. The summed E-state index contributed by atoms with van der Waals surface area (Å²) in [6, 6.07) is 15.5. The fourth-order valence-corrected chi connectivity index (χ4v) is 3.62. The van der Waals surface area contributed by atoms with E-state index >= 15 is 0 Å². The van der Waals surface area contributed by atoms with E-state index in [9.17, 15) is 9.59 Å². The Balaban J connectivity index is 1.72. The van der Waals surface area contributed by atoms with Crippen molar-refractivity contribution in [2.24, 2.45) is 0 Å². The molecule has 160 valence electrons. The lowest BCUT2D eigenvalue weighted by atomic mass is 10.1. The molecule has 2 amide bonds. The fourth-order valence-electron chi connectivity index (χ4n) is 3.62. The lowest BCUT2D eigenvalue weighted by Gasteiger charge is -2.35. The first-order chi connectivity index (χ1) is 14.5. The summed E-state index contributed by atoms with van der Waals surface area (Å²) in [5.41, 5.74) is 2.77. The third-order valence-electron chi connectivity index (χ3n) is 5.44. The smallest absolute Gasteiger partial charge is 0.263 e. The maximum Gasteiger partial charge on any atom is 0.263 e. The zero-order chi connectivity index (χ0) is 21.5. The topological polar surface area (TPSA) is 70.7 Å². The molecule has 0 fully saturated rings. The average molecular weight is 410 g/mol. The van der Waals surface area contributed by atoms with Crippen LogP contribution in [-0.2, 0) is 16.0 Å². The molecule has 1 unspecified atom stereocenters. The second kappa shape index (κ2) is 10.1. The largest absolute Gasteiger partial charge is 0.477 e. The molecule has 0 saturated carbocycles. The van der Waals surface area contributed by atoms with Crippen molar-refractivity contribution in [3.05, 3.63) is 54.1 Å².